The lowest BCUT2D eigenvalue weighted by atomic mass is 9.42. The van der Waals surface area contributed by atoms with Crippen LogP contribution in [0, 0.1) is 22.7 Å². The highest BCUT2D eigenvalue weighted by atomic mass is 32.2. The number of aliphatic hydroxyl groups excluding tert-OH is 1. The number of fused-ring (bicyclic) bond motifs is 4. The summed E-state index contributed by atoms with van der Waals surface area (Å²) in [7, 11) is 0. The lowest BCUT2D eigenvalue weighted by molar-refractivity contribution is -0.266. The maximum atomic E-state index is 13.8. The summed E-state index contributed by atoms with van der Waals surface area (Å²) in [6.07, 6.45) is 3.23. The van der Waals surface area contributed by atoms with E-state index in [2.05, 4.69) is 4.98 Å². The van der Waals surface area contributed by atoms with E-state index in [1.165, 1.54) is 13.8 Å². The van der Waals surface area contributed by atoms with Gasteiger partial charge in [-0.05, 0) is 80.2 Å². The summed E-state index contributed by atoms with van der Waals surface area (Å²) in [6, 6.07) is 12.1. The Morgan fingerprint density at radius 2 is 1.78 bits per heavy atom. The molecule has 0 unspecified atom stereocenters. The first-order chi connectivity index (χ1) is 23.2. The van der Waals surface area contributed by atoms with Gasteiger partial charge in [-0.25, -0.2) is 9.59 Å². The number of nitrogens with zero attached hydrogens (tertiary/aromatic N) is 1. The number of esters is 3. The minimum atomic E-state index is -1.38. The summed E-state index contributed by atoms with van der Waals surface area (Å²) in [6.45, 7) is 8.28. The summed E-state index contributed by atoms with van der Waals surface area (Å²) >= 11 is 1.55. The lowest BCUT2D eigenvalue weighted by Gasteiger charge is -2.66. The van der Waals surface area contributed by atoms with Crippen molar-refractivity contribution >= 4 is 29.7 Å². The molecule has 2 aromatic heterocycles. The standard InChI is InChI=1S/C37H41NO10S/c1-20(39)44-19-36(4)27-17-29(47-33(42)22-9-11-24(49-6)12-10-22)37(5)32(35(27,3)14-13-28(36)45-21(2)40)31(41)30-26(48-37)16-25(46-34(30)43)23-8-7-15-38-18-23/h7-12,15-16,18,27-29,31-32,41H,13-14,17,19H2,1-6H3/t27-,28+,29+,31+,32-,35+,36+,37-/m1/s1. The molecule has 49 heavy (non-hydrogen) atoms. The van der Waals surface area contributed by atoms with Gasteiger partial charge in [-0.3, -0.25) is 14.6 Å². The first-order valence-corrected chi connectivity index (χ1v) is 17.5. The normalized spacial score (nSPS) is 31.6. The fraction of sp³-hybridized carbons (Fsp3) is 0.486. The Morgan fingerprint density at radius 3 is 2.41 bits per heavy atom. The molecule has 0 saturated heterocycles. The molecule has 8 atom stereocenters. The fourth-order valence-corrected chi connectivity index (χ4v) is 9.17. The van der Waals surface area contributed by atoms with Gasteiger partial charge in [-0.15, -0.1) is 11.8 Å². The largest absolute Gasteiger partial charge is 0.482 e. The molecule has 1 aromatic carbocycles. The van der Waals surface area contributed by atoms with Gasteiger partial charge in [0.2, 0.25) is 0 Å². The predicted octanol–water partition coefficient (Wildman–Crippen LogP) is 5.77. The van der Waals surface area contributed by atoms with Gasteiger partial charge in [-0.1, -0.05) is 13.8 Å². The van der Waals surface area contributed by atoms with Crippen molar-refractivity contribution in [2.24, 2.45) is 22.7 Å². The van der Waals surface area contributed by atoms with Crippen LogP contribution in [0.4, 0.5) is 0 Å². The Morgan fingerprint density at radius 1 is 1.04 bits per heavy atom. The van der Waals surface area contributed by atoms with E-state index in [4.69, 9.17) is 23.4 Å². The molecule has 1 N–H and O–H groups in total. The molecule has 0 radical (unpaired) electrons. The van der Waals surface area contributed by atoms with Gasteiger partial charge >= 0.3 is 23.5 Å². The molecule has 260 valence electrons. The van der Waals surface area contributed by atoms with Crippen LogP contribution in [0.1, 0.15) is 75.9 Å². The third kappa shape index (κ3) is 6.03. The van der Waals surface area contributed by atoms with Gasteiger partial charge < -0.3 is 28.5 Å². The number of aromatic nitrogens is 1. The third-order valence-electron chi connectivity index (χ3n) is 11.0. The summed E-state index contributed by atoms with van der Waals surface area (Å²) in [5.41, 5.74) is -2.96. The highest BCUT2D eigenvalue weighted by Gasteiger charge is 2.71. The zero-order chi connectivity index (χ0) is 35.3. The SMILES string of the molecule is CSc1ccc(C(=O)O[C@H]2C[C@H]3[C@](C)(COC(C)=O)[C@@H](OC(C)=O)CC[C@]3(C)[C@H]3[C@@H](O)c4c(cc(-c5cccnc5)oc4=O)O[C@]23C)cc1. The van der Waals surface area contributed by atoms with Crippen molar-refractivity contribution in [3.63, 3.8) is 0 Å². The molecule has 3 aromatic rings. The Bertz CT molecular complexity index is 1810. The van der Waals surface area contributed by atoms with Crippen LogP contribution in [0.5, 0.6) is 5.75 Å². The molecule has 2 saturated carbocycles. The molecule has 12 heteroatoms. The van der Waals surface area contributed by atoms with Gasteiger partial charge in [-0.2, -0.15) is 0 Å². The first kappa shape index (κ1) is 34.7. The van der Waals surface area contributed by atoms with Crippen LogP contribution in [0.3, 0.4) is 0 Å². The van der Waals surface area contributed by atoms with E-state index in [-0.39, 0.29) is 30.1 Å². The minimum absolute atomic E-state index is 0.0291. The van der Waals surface area contributed by atoms with Crippen molar-refractivity contribution in [1.29, 1.82) is 0 Å². The monoisotopic (exact) mass is 691 g/mol. The van der Waals surface area contributed by atoms with E-state index in [1.807, 2.05) is 32.2 Å². The zero-order valence-corrected chi connectivity index (χ0v) is 29.2. The summed E-state index contributed by atoms with van der Waals surface area (Å²) < 4.78 is 30.3. The van der Waals surface area contributed by atoms with E-state index in [0.29, 0.717) is 24.0 Å². The van der Waals surface area contributed by atoms with Crippen LogP contribution >= 0.6 is 11.8 Å². The maximum Gasteiger partial charge on any atom is 0.345 e. The number of thioether (sulfide) groups is 1. The number of hydrogen-bond acceptors (Lipinski definition) is 12. The van der Waals surface area contributed by atoms with Gasteiger partial charge in [0.1, 0.15) is 41.5 Å². The fourth-order valence-electron chi connectivity index (χ4n) is 8.76. The highest BCUT2D eigenvalue weighted by Crippen LogP contribution is 2.67. The molecule has 11 nitrogen and oxygen atoms in total. The Hall–Kier alpha value is -4.16. The number of pyridine rings is 1. The third-order valence-corrected chi connectivity index (χ3v) is 11.7. The van der Waals surface area contributed by atoms with E-state index in [1.54, 1.807) is 61.4 Å². The number of rotatable bonds is 7. The lowest BCUT2D eigenvalue weighted by Crippen LogP contribution is -2.71. The van der Waals surface area contributed by atoms with Crippen LogP contribution in [-0.2, 0) is 23.8 Å². The van der Waals surface area contributed by atoms with Crippen molar-refractivity contribution in [2.45, 2.75) is 82.7 Å². The molecule has 2 fully saturated rings. The first-order valence-electron chi connectivity index (χ1n) is 16.3. The summed E-state index contributed by atoms with van der Waals surface area (Å²) in [4.78, 5) is 57.0. The van der Waals surface area contributed by atoms with Gasteiger partial charge in [0.25, 0.3) is 0 Å². The Labute approximate surface area is 288 Å². The second kappa shape index (κ2) is 12.9. The highest BCUT2D eigenvalue weighted by molar-refractivity contribution is 7.98. The Kier molecular flexibility index (Phi) is 9.16. The van der Waals surface area contributed by atoms with Crippen molar-refractivity contribution in [3.8, 4) is 17.1 Å². The van der Waals surface area contributed by atoms with E-state index >= 15 is 0 Å². The molecule has 6 rings (SSSR count). The topological polar surface area (TPSA) is 151 Å². The summed E-state index contributed by atoms with van der Waals surface area (Å²) in [5, 5.41) is 12.3. The second-order valence-corrected chi connectivity index (χ2v) is 14.8. The molecule has 3 heterocycles. The molecular formula is C37H41NO10S. The number of ether oxygens (including phenoxy) is 4. The molecule has 0 bridgehead atoms. The van der Waals surface area contributed by atoms with Crippen LogP contribution < -0.4 is 10.4 Å². The molecular weight excluding hydrogens is 650 g/mol. The number of carbonyl (C=O) groups excluding carboxylic acids is 3. The van der Waals surface area contributed by atoms with Crippen LogP contribution in [-0.4, -0.2) is 58.7 Å². The molecule has 1 aliphatic heterocycles. The van der Waals surface area contributed by atoms with E-state index in [0.717, 1.165) is 4.90 Å². The van der Waals surface area contributed by atoms with E-state index < -0.39 is 70.1 Å². The average molecular weight is 692 g/mol. The average Bonchev–Trinajstić information content (AvgIpc) is 3.06. The minimum Gasteiger partial charge on any atom is -0.482 e. The van der Waals surface area contributed by atoms with Gasteiger partial charge in [0, 0.05) is 54.1 Å². The summed E-state index contributed by atoms with van der Waals surface area (Å²) in [5.74, 6) is -2.45. The molecule has 0 amide bonds. The molecule has 3 aliphatic rings. The Balaban J connectivity index is 1.49. The van der Waals surface area contributed by atoms with E-state index in [9.17, 15) is 24.3 Å². The van der Waals surface area contributed by atoms with Gasteiger partial charge in [0.15, 0.2) is 0 Å². The molecule has 2 aliphatic carbocycles. The quantitative estimate of drug-likeness (QED) is 0.182. The van der Waals surface area contributed by atoms with Crippen LogP contribution in [0.2, 0.25) is 0 Å². The van der Waals surface area contributed by atoms with Crippen molar-refractivity contribution in [2.75, 3.05) is 12.9 Å². The van der Waals surface area contributed by atoms with Crippen molar-refractivity contribution in [3.05, 3.63) is 76.4 Å². The maximum absolute atomic E-state index is 13.8. The number of carbonyl (C=O) groups is 3. The van der Waals surface area contributed by atoms with Gasteiger partial charge in [0.05, 0.1) is 11.7 Å². The predicted molar refractivity (Wildman–Crippen MR) is 179 cm³/mol. The smallest absolute Gasteiger partial charge is 0.345 e. The number of aliphatic hydroxyl groups is 1. The van der Waals surface area contributed by atoms with Crippen molar-refractivity contribution in [1.82, 2.24) is 4.98 Å². The van der Waals surface area contributed by atoms with Crippen LogP contribution in [0.25, 0.3) is 11.3 Å². The van der Waals surface area contributed by atoms with Crippen molar-refractivity contribution < 1.29 is 42.9 Å². The zero-order valence-electron chi connectivity index (χ0n) is 28.4. The second-order valence-electron chi connectivity index (χ2n) is 14.0. The van der Waals surface area contributed by atoms with Crippen LogP contribution in [0.15, 0.2) is 69.0 Å². The number of hydrogen-bond donors (Lipinski definition) is 1. The molecule has 0 spiro atoms. The number of benzene rings is 1.